The summed E-state index contributed by atoms with van der Waals surface area (Å²) in [5.41, 5.74) is 1.13. The Bertz CT molecular complexity index is 581. The zero-order chi connectivity index (χ0) is 17.9. The van der Waals surface area contributed by atoms with Gasteiger partial charge in [0.2, 0.25) is 5.91 Å². The van der Waals surface area contributed by atoms with Crippen molar-refractivity contribution in [2.24, 2.45) is 4.99 Å². The number of halogens is 1. The van der Waals surface area contributed by atoms with E-state index in [1.165, 1.54) is 4.90 Å². The molecular formula is C17H26IN5O3. The minimum absolute atomic E-state index is 0. The first kappa shape index (κ1) is 22.2. The van der Waals surface area contributed by atoms with Crippen LogP contribution >= 0.6 is 24.0 Å². The predicted molar refractivity (Wildman–Crippen MR) is 111 cm³/mol. The van der Waals surface area contributed by atoms with E-state index in [0.29, 0.717) is 38.8 Å². The van der Waals surface area contributed by atoms with Gasteiger partial charge in [-0.15, -0.1) is 24.0 Å². The van der Waals surface area contributed by atoms with Crippen molar-refractivity contribution in [1.82, 2.24) is 20.9 Å². The number of amides is 3. The van der Waals surface area contributed by atoms with Crippen LogP contribution in [0.4, 0.5) is 4.79 Å². The third kappa shape index (κ3) is 7.56. The van der Waals surface area contributed by atoms with Gasteiger partial charge in [-0.3, -0.25) is 14.7 Å². The van der Waals surface area contributed by atoms with Crippen LogP contribution in [0.15, 0.2) is 35.3 Å². The number of urea groups is 1. The highest BCUT2D eigenvalue weighted by Crippen LogP contribution is 2.00. The highest BCUT2D eigenvalue weighted by atomic mass is 127. The smallest absolute Gasteiger partial charge is 0.324 e. The molecule has 0 saturated carbocycles. The monoisotopic (exact) mass is 475 g/mol. The Morgan fingerprint density at radius 1 is 1.27 bits per heavy atom. The summed E-state index contributed by atoms with van der Waals surface area (Å²) in [4.78, 5) is 28.6. The molecule has 1 saturated heterocycles. The quantitative estimate of drug-likeness (QED) is 0.163. The van der Waals surface area contributed by atoms with Crippen LogP contribution in [-0.4, -0.2) is 62.1 Å². The van der Waals surface area contributed by atoms with Crippen LogP contribution in [0.2, 0.25) is 0 Å². The first-order chi connectivity index (χ1) is 12.2. The maximum atomic E-state index is 11.5. The lowest BCUT2D eigenvalue weighted by atomic mass is 10.2. The van der Waals surface area contributed by atoms with Gasteiger partial charge in [0, 0.05) is 19.6 Å². The van der Waals surface area contributed by atoms with E-state index >= 15 is 0 Å². The second-order valence-corrected chi connectivity index (χ2v) is 5.43. The summed E-state index contributed by atoms with van der Waals surface area (Å²) in [5, 5.41) is 8.72. The second-order valence-electron chi connectivity index (χ2n) is 5.43. The Kier molecular flexibility index (Phi) is 10.6. The van der Waals surface area contributed by atoms with Crippen molar-refractivity contribution in [3.05, 3.63) is 35.9 Å². The zero-order valence-electron chi connectivity index (χ0n) is 14.9. The van der Waals surface area contributed by atoms with E-state index in [1.54, 1.807) is 0 Å². The molecule has 3 amide bonds. The molecule has 0 unspecified atom stereocenters. The lowest BCUT2D eigenvalue weighted by Crippen LogP contribution is -2.43. The summed E-state index contributed by atoms with van der Waals surface area (Å²) < 4.78 is 5.59. The molecule has 1 aromatic rings. The first-order valence-electron chi connectivity index (χ1n) is 8.42. The number of nitrogens with zero attached hydrogens (tertiary/aromatic N) is 2. The van der Waals surface area contributed by atoms with E-state index in [2.05, 4.69) is 20.9 Å². The van der Waals surface area contributed by atoms with Gasteiger partial charge in [0.25, 0.3) is 0 Å². The normalized spacial score (nSPS) is 14.0. The predicted octanol–water partition coefficient (Wildman–Crippen LogP) is 0.928. The molecule has 144 valence electrons. The van der Waals surface area contributed by atoms with Crippen molar-refractivity contribution in [3.8, 4) is 0 Å². The lowest BCUT2D eigenvalue weighted by Gasteiger charge is -2.15. The van der Waals surface area contributed by atoms with Crippen molar-refractivity contribution in [2.45, 2.75) is 13.5 Å². The molecule has 0 atom stereocenters. The summed E-state index contributed by atoms with van der Waals surface area (Å²) in [5.74, 6) is 0.431. The number of hydrogen-bond donors (Lipinski definition) is 3. The zero-order valence-corrected chi connectivity index (χ0v) is 17.2. The molecule has 1 aliphatic rings. The van der Waals surface area contributed by atoms with Gasteiger partial charge in [-0.05, 0) is 12.5 Å². The SMILES string of the molecule is CCNC(=NCCOCc1ccccc1)NCCN1C(=O)CNC1=O.I. The van der Waals surface area contributed by atoms with Crippen molar-refractivity contribution >= 4 is 41.9 Å². The van der Waals surface area contributed by atoms with Crippen molar-refractivity contribution in [3.63, 3.8) is 0 Å². The van der Waals surface area contributed by atoms with E-state index in [4.69, 9.17) is 4.74 Å². The summed E-state index contributed by atoms with van der Waals surface area (Å²) in [6.07, 6.45) is 0. The number of guanidine groups is 1. The molecule has 3 N–H and O–H groups in total. The minimum atomic E-state index is -0.344. The van der Waals surface area contributed by atoms with E-state index in [0.717, 1.165) is 12.1 Å². The number of hydrogen-bond acceptors (Lipinski definition) is 4. The number of aliphatic imine (C=N–C) groups is 1. The van der Waals surface area contributed by atoms with Crippen molar-refractivity contribution in [2.75, 3.05) is 39.3 Å². The first-order valence-corrected chi connectivity index (χ1v) is 8.42. The number of ether oxygens (including phenoxy) is 1. The van der Waals surface area contributed by atoms with Crippen LogP contribution in [0.25, 0.3) is 0 Å². The molecule has 0 aliphatic carbocycles. The minimum Gasteiger partial charge on any atom is -0.375 e. The number of benzene rings is 1. The van der Waals surface area contributed by atoms with E-state index in [9.17, 15) is 9.59 Å². The number of imide groups is 1. The molecule has 8 nitrogen and oxygen atoms in total. The molecule has 0 bridgehead atoms. The number of rotatable bonds is 9. The summed E-state index contributed by atoms with van der Waals surface area (Å²) in [6, 6.07) is 9.63. The maximum absolute atomic E-state index is 11.5. The van der Waals surface area contributed by atoms with Gasteiger partial charge < -0.3 is 20.7 Å². The van der Waals surface area contributed by atoms with Gasteiger partial charge >= 0.3 is 6.03 Å². The van der Waals surface area contributed by atoms with Crippen LogP contribution in [0, 0.1) is 0 Å². The van der Waals surface area contributed by atoms with E-state index in [1.807, 2.05) is 37.3 Å². The van der Waals surface area contributed by atoms with E-state index in [-0.39, 0.29) is 42.5 Å². The molecule has 0 aromatic heterocycles. The van der Waals surface area contributed by atoms with Gasteiger partial charge in [-0.1, -0.05) is 30.3 Å². The molecule has 0 spiro atoms. The van der Waals surface area contributed by atoms with Gasteiger partial charge in [-0.2, -0.15) is 0 Å². The van der Waals surface area contributed by atoms with Crippen LogP contribution in [0.1, 0.15) is 12.5 Å². The molecule has 2 rings (SSSR count). The average Bonchev–Trinajstić information content (AvgIpc) is 2.94. The van der Waals surface area contributed by atoms with Gasteiger partial charge in [0.05, 0.1) is 26.3 Å². The lowest BCUT2D eigenvalue weighted by molar-refractivity contribution is -0.124. The summed E-state index contributed by atoms with van der Waals surface area (Å²) in [6.45, 7) is 5.11. The fourth-order valence-electron chi connectivity index (χ4n) is 2.30. The molecule has 1 fully saturated rings. The standard InChI is InChI=1S/C17H25N5O3.HI/c1-2-18-16(19-8-10-22-15(23)12-21-17(22)24)20-9-11-25-13-14-6-4-3-5-7-14;/h3-7H,2,8-13H2,1H3,(H,21,24)(H2,18,19,20);1H. The molecule has 1 aromatic carbocycles. The van der Waals surface area contributed by atoms with Crippen molar-refractivity contribution in [1.29, 1.82) is 0 Å². The Morgan fingerprint density at radius 3 is 2.69 bits per heavy atom. The number of carbonyl (C=O) groups is 2. The van der Waals surface area contributed by atoms with Crippen LogP contribution < -0.4 is 16.0 Å². The Hall–Kier alpha value is -1.88. The van der Waals surface area contributed by atoms with E-state index < -0.39 is 0 Å². The molecular weight excluding hydrogens is 449 g/mol. The Balaban J connectivity index is 0.00000338. The van der Waals surface area contributed by atoms with Crippen LogP contribution in [-0.2, 0) is 16.1 Å². The van der Waals surface area contributed by atoms with Crippen LogP contribution in [0.3, 0.4) is 0 Å². The molecule has 1 heterocycles. The number of carbonyl (C=O) groups excluding carboxylic acids is 2. The largest absolute Gasteiger partial charge is 0.375 e. The number of nitrogens with one attached hydrogen (secondary N) is 3. The molecule has 9 heteroatoms. The topological polar surface area (TPSA) is 95.1 Å². The fraction of sp³-hybridized carbons (Fsp3) is 0.471. The highest BCUT2D eigenvalue weighted by molar-refractivity contribution is 14.0. The Morgan fingerprint density at radius 2 is 2.04 bits per heavy atom. The summed E-state index contributed by atoms with van der Waals surface area (Å²) >= 11 is 0. The molecule has 1 aliphatic heterocycles. The average molecular weight is 475 g/mol. The van der Waals surface area contributed by atoms with Gasteiger partial charge in [0.1, 0.15) is 0 Å². The third-order valence-corrected chi connectivity index (χ3v) is 3.53. The highest BCUT2D eigenvalue weighted by Gasteiger charge is 2.27. The molecule has 26 heavy (non-hydrogen) atoms. The maximum Gasteiger partial charge on any atom is 0.324 e. The fourth-order valence-corrected chi connectivity index (χ4v) is 2.30. The van der Waals surface area contributed by atoms with Crippen molar-refractivity contribution < 1.29 is 14.3 Å². The summed E-state index contributed by atoms with van der Waals surface area (Å²) in [7, 11) is 0. The van der Waals surface area contributed by atoms with Gasteiger partial charge in [0.15, 0.2) is 5.96 Å². The van der Waals surface area contributed by atoms with Crippen LogP contribution in [0.5, 0.6) is 0 Å². The second kappa shape index (κ2) is 12.5. The molecule has 0 radical (unpaired) electrons. The third-order valence-electron chi connectivity index (χ3n) is 3.53. The van der Waals surface area contributed by atoms with Gasteiger partial charge in [-0.25, -0.2) is 4.79 Å². The Labute approximate surface area is 170 Å².